The minimum atomic E-state index is -3.64. The molecular formula is C19H20ClN3O3S. The topological polar surface area (TPSA) is 87.6 Å². The number of hydrogen-bond acceptors (Lipinski definition) is 4. The molecule has 2 N–H and O–H groups in total. The Labute approximate surface area is 163 Å². The predicted octanol–water partition coefficient (Wildman–Crippen LogP) is 2.72. The highest BCUT2D eigenvalue weighted by Crippen LogP contribution is 2.23. The molecule has 6 nitrogen and oxygen atoms in total. The molecule has 2 aromatic carbocycles. The number of carbonyl (C=O) groups excluding carboxylic acids is 1. The molecule has 1 aliphatic heterocycles. The summed E-state index contributed by atoms with van der Waals surface area (Å²) >= 11 is 6.12. The minimum absolute atomic E-state index is 0.124. The Hall–Kier alpha value is -2.38. The van der Waals surface area contributed by atoms with E-state index >= 15 is 0 Å². The Kier molecular flexibility index (Phi) is 5.53. The van der Waals surface area contributed by atoms with Gasteiger partial charge in [-0.05, 0) is 29.7 Å². The Balaban J connectivity index is 1.83. The number of nitrogens with zero attached hydrogens (tertiary/aromatic N) is 1. The van der Waals surface area contributed by atoms with Crippen LogP contribution in [-0.4, -0.2) is 26.2 Å². The molecule has 0 bridgehead atoms. The van der Waals surface area contributed by atoms with Crippen LogP contribution in [0.4, 0.5) is 0 Å². The van der Waals surface area contributed by atoms with E-state index in [0.717, 1.165) is 5.56 Å². The van der Waals surface area contributed by atoms with Crippen LogP contribution in [0.25, 0.3) is 0 Å². The normalized spacial score (nSPS) is 17.4. The van der Waals surface area contributed by atoms with Crippen LogP contribution in [0.3, 0.4) is 0 Å². The zero-order chi connectivity index (χ0) is 19.6. The van der Waals surface area contributed by atoms with Crippen molar-refractivity contribution in [3.63, 3.8) is 0 Å². The van der Waals surface area contributed by atoms with E-state index in [1.54, 1.807) is 24.3 Å². The molecule has 1 atom stereocenters. The van der Waals surface area contributed by atoms with Gasteiger partial charge in [-0.25, -0.2) is 8.42 Å². The molecule has 1 aliphatic rings. The highest BCUT2D eigenvalue weighted by atomic mass is 35.5. The summed E-state index contributed by atoms with van der Waals surface area (Å²) in [5.41, 5.74) is 1.27. The van der Waals surface area contributed by atoms with Gasteiger partial charge < -0.3 is 5.32 Å². The zero-order valence-electron chi connectivity index (χ0n) is 14.9. The average molecular weight is 406 g/mol. The van der Waals surface area contributed by atoms with Crippen LogP contribution in [0.2, 0.25) is 5.02 Å². The molecule has 0 fully saturated rings. The zero-order valence-corrected chi connectivity index (χ0v) is 16.5. The van der Waals surface area contributed by atoms with Gasteiger partial charge in [0.15, 0.2) is 0 Å². The highest BCUT2D eigenvalue weighted by Gasteiger charge is 2.32. The van der Waals surface area contributed by atoms with Gasteiger partial charge in [0.1, 0.15) is 11.9 Å². The fraction of sp³-hybridized carbons (Fsp3) is 0.263. The Morgan fingerprint density at radius 3 is 2.52 bits per heavy atom. The monoisotopic (exact) mass is 405 g/mol. The SMILES string of the molecule is CC(C)C(N=C1NS(=O)(=O)c2ccccc21)C(=O)NCc1ccccc1Cl. The molecule has 142 valence electrons. The lowest BCUT2D eigenvalue weighted by molar-refractivity contribution is -0.123. The van der Waals surface area contributed by atoms with Gasteiger partial charge >= 0.3 is 0 Å². The van der Waals surface area contributed by atoms with Crippen molar-refractivity contribution in [2.24, 2.45) is 10.9 Å². The first-order valence-electron chi connectivity index (χ1n) is 8.51. The standard InChI is InChI=1S/C19H20ClN3O3S/c1-12(2)17(19(24)21-11-13-7-3-5-9-15(13)20)22-18-14-8-4-6-10-16(14)27(25,26)23-18/h3-10,12,17H,11H2,1-2H3,(H,21,24)(H,22,23). The lowest BCUT2D eigenvalue weighted by Gasteiger charge is -2.17. The van der Waals surface area contributed by atoms with Crippen molar-refractivity contribution < 1.29 is 13.2 Å². The van der Waals surface area contributed by atoms with Crippen LogP contribution in [-0.2, 0) is 21.4 Å². The van der Waals surface area contributed by atoms with Crippen molar-refractivity contribution in [1.29, 1.82) is 0 Å². The number of amides is 1. The summed E-state index contributed by atoms with van der Waals surface area (Å²) in [5.74, 6) is -0.223. The second kappa shape index (κ2) is 7.70. The summed E-state index contributed by atoms with van der Waals surface area (Å²) < 4.78 is 26.9. The van der Waals surface area contributed by atoms with Crippen LogP contribution >= 0.6 is 11.6 Å². The van der Waals surface area contributed by atoms with E-state index in [9.17, 15) is 13.2 Å². The first kappa shape index (κ1) is 19.4. The third-order valence-electron chi connectivity index (χ3n) is 4.24. The van der Waals surface area contributed by atoms with E-state index in [0.29, 0.717) is 10.6 Å². The van der Waals surface area contributed by atoms with E-state index < -0.39 is 16.1 Å². The van der Waals surface area contributed by atoms with Crippen LogP contribution in [0.1, 0.15) is 25.0 Å². The quantitative estimate of drug-likeness (QED) is 0.801. The smallest absolute Gasteiger partial charge is 0.263 e. The first-order valence-corrected chi connectivity index (χ1v) is 10.4. The molecule has 0 radical (unpaired) electrons. The molecule has 1 unspecified atom stereocenters. The number of hydrogen-bond donors (Lipinski definition) is 2. The van der Waals surface area contributed by atoms with E-state index in [1.807, 2.05) is 32.0 Å². The second-order valence-corrected chi connectivity index (χ2v) is 8.64. The number of amidine groups is 1. The van der Waals surface area contributed by atoms with Gasteiger partial charge in [0.2, 0.25) is 5.91 Å². The minimum Gasteiger partial charge on any atom is -0.350 e. The molecule has 27 heavy (non-hydrogen) atoms. The summed E-state index contributed by atoms with van der Waals surface area (Å²) in [6.07, 6.45) is 0. The maximum absolute atomic E-state index is 12.7. The first-order chi connectivity index (χ1) is 12.8. The number of sulfonamides is 1. The molecule has 0 saturated heterocycles. The van der Waals surface area contributed by atoms with E-state index in [-0.39, 0.29) is 29.1 Å². The lowest BCUT2D eigenvalue weighted by atomic mass is 10.0. The number of benzene rings is 2. The van der Waals surface area contributed by atoms with E-state index in [4.69, 9.17) is 11.6 Å². The second-order valence-electron chi connectivity index (χ2n) is 6.58. The molecule has 2 aromatic rings. The fourth-order valence-corrected chi connectivity index (χ4v) is 4.25. The Morgan fingerprint density at radius 1 is 1.15 bits per heavy atom. The van der Waals surface area contributed by atoms with E-state index in [1.165, 1.54) is 6.07 Å². The van der Waals surface area contributed by atoms with Crippen LogP contribution in [0, 0.1) is 5.92 Å². The molecule has 0 aliphatic carbocycles. The lowest BCUT2D eigenvalue weighted by Crippen LogP contribution is -2.38. The molecule has 1 amide bonds. The summed E-state index contributed by atoms with van der Waals surface area (Å²) in [6.45, 7) is 3.99. The third kappa shape index (κ3) is 4.14. The van der Waals surface area contributed by atoms with Gasteiger partial charge in [0.25, 0.3) is 10.0 Å². The summed E-state index contributed by atoms with van der Waals surface area (Å²) in [4.78, 5) is 17.3. The average Bonchev–Trinajstić information content (AvgIpc) is 2.89. The molecule has 0 spiro atoms. The number of fused-ring (bicyclic) bond motifs is 1. The van der Waals surface area contributed by atoms with Crippen molar-refractivity contribution >= 4 is 33.4 Å². The number of nitrogens with one attached hydrogen (secondary N) is 2. The van der Waals surface area contributed by atoms with Gasteiger partial charge in [-0.15, -0.1) is 0 Å². The summed E-state index contributed by atoms with van der Waals surface area (Å²) in [5, 5.41) is 3.40. The maximum atomic E-state index is 12.7. The van der Waals surface area contributed by atoms with Gasteiger partial charge in [0.05, 0.1) is 4.90 Å². The molecule has 8 heteroatoms. The van der Waals surface area contributed by atoms with Gasteiger partial charge in [-0.1, -0.05) is 55.8 Å². The van der Waals surface area contributed by atoms with Crippen LogP contribution in [0.5, 0.6) is 0 Å². The van der Waals surface area contributed by atoms with Crippen LogP contribution < -0.4 is 10.0 Å². The van der Waals surface area contributed by atoms with Crippen LogP contribution in [0.15, 0.2) is 58.4 Å². The van der Waals surface area contributed by atoms with Gasteiger partial charge in [-0.3, -0.25) is 14.5 Å². The number of aliphatic imine (C=N–C) groups is 1. The van der Waals surface area contributed by atoms with Crippen molar-refractivity contribution in [3.8, 4) is 0 Å². The van der Waals surface area contributed by atoms with Crippen molar-refractivity contribution in [1.82, 2.24) is 10.0 Å². The third-order valence-corrected chi connectivity index (χ3v) is 6.01. The Morgan fingerprint density at radius 2 is 1.81 bits per heavy atom. The molecule has 0 aromatic heterocycles. The van der Waals surface area contributed by atoms with Crippen molar-refractivity contribution in [2.45, 2.75) is 31.3 Å². The largest absolute Gasteiger partial charge is 0.350 e. The highest BCUT2D eigenvalue weighted by molar-refractivity contribution is 7.90. The molecule has 0 saturated carbocycles. The summed E-state index contributed by atoms with van der Waals surface area (Å²) in [6, 6.07) is 13.1. The van der Waals surface area contributed by atoms with E-state index in [2.05, 4.69) is 15.0 Å². The summed E-state index contributed by atoms with van der Waals surface area (Å²) in [7, 11) is -3.64. The molecular weight excluding hydrogens is 386 g/mol. The van der Waals surface area contributed by atoms with Gasteiger partial charge in [-0.2, -0.15) is 0 Å². The number of carbonyl (C=O) groups is 1. The Bertz CT molecular complexity index is 1000. The fourth-order valence-electron chi connectivity index (χ4n) is 2.81. The van der Waals surface area contributed by atoms with Gasteiger partial charge in [0, 0.05) is 17.1 Å². The van der Waals surface area contributed by atoms with Crippen molar-refractivity contribution in [3.05, 3.63) is 64.7 Å². The van der Waals surface area contributed by atoms with Crippen molar-refractivity contribution in [2.75, 3.05) is 0 Å². The molecule has 1 heterocycles. The predicted molar refractivity (Wildman–Crippen MR) is 105 cm³/mol. The maximum Gasteiger partial charge on any atom is 0.263 e. The molecule has 3 rings (SSSR count). The number of rotatable bonds is 5. The number of halogens is 1.